The van der Waals surface area contributed by atoms with Crippen LogP contribution < -0.4 is 9.64 Å². The van der Waals surface area contributed by atoms with E-state index in [2.05, 4.69) is 44.7 Å². The number of anilines is 1. The Bertz CT molecular complexity index is 1090. The Kier molecular flexibility index (Phi) is 6.57. The summed E-state index contributed by atoms with van der Waals surface area (Å²) in [4.78, 5) is 29.9. The van der Waals surface area contributed by atoms with Crippen LogP contribution in [0.2, 0.25) is 0 Å². The molecule has 0 aromatic heterocycles. The molecular weight excluding hydrogens is 432 g/mol. The van der Waals surface area contributed by atoms with Crippen molar-refractivity contribution in [3.63, 3.8) is 0 Å². The fraction of sp³-hybridized carbons (Fsp3) is 0.407. The molecule has 0 N–H and O–H groups in total. The molecule has 2 aromatic carbocycles. The Labute approximate surface area is 200 Å². The van der Waals surface area contributed by atoms with E-state index in [1.165, 1.54) is 16.2 Å². The smallest absolute Gasteiger partial charge is 0.293 e. The second-order valence-electron chi connectivity index (χ2n) is 9.48. The number of ether oxygens (including phenoxy) is 1. The zero-order valence-electron chi connectivity index (χ0n) is 20.1. The van der Waals surface area contributed by atoms with E-state index in [1.54, 1.807) is 7.11 Å². The van der Waals surface area contributed by atoms with E-state index < -0.39 is 0 Å². The van der Waals surface area contributed by atoms with Gasteiger partial charge in [-0.25, -0.2) is 0 Å². The van der Waals surface area contributed by atoms with E-state index in [0.29, 0.717) is 10.8 Å². The topological polar surface area (TPSA) is 49.9 Å². The monoisotopic (exact) mass is 464 g/mol. The highest BCUT2D eigenvalue weighted by Crippen LogP contribution is 2.46. The van der Waals surface area contributed by atoms with Gasteiger partial charge in [-0.1, -0.05) is 44.2 Å². The quantitative estimate of drug-likeness (QED) is 0.461. The number of thioether (sulfide) groups is 1. The number of carbonyl (C=O) groups excluding carboxylic acids is 2. The molecule has 2 aliphatic heterocycles. The summed E-state index contributed by atoms with van der Waals surface area (Å²) in [5.74, 6) is 0.847. The van der Waals surface area contributed by atoms with Gasteiger partial charge >= 0.3 is 0 Å². The van der Waals surface area contributed by atoms with Gasteiger partial charge in [0.2, 0.25) is 0 Å². The zero-order valence-corrected chi connectivity index (χ0v) is 20.9. The standard InChI is InChI=1S/C27H32N2O3S/c1-6-12-29-22-15-23(32-5)20(13-21(22)18(2)16-27(29,3)4)14-24-25(30)28(26(31)33-24)17-19-10-8-7-9-11-19/h7-11,13-15,18H,6,12,16-17H2,1-5H3/b24-14+. The van der Waals surface area contributed by atoms with Crippen molar-refractivity contribution >= 4 is 34.7 Å². The average molecular weight is 465 g/mol. The van der Waals surface area contributed by atoms with Crippen molar-refractivity contribution in [1.82, 2.24) is 4.90 Å². The van der Waals surface area contributed by atoms with Crippen LogP contribution in [0, 0.1) is 0 Å². The van der Waals surface area contributed by atoms with Crippen LogP contribution in [0.5, 0.6) is 5.75 Å². The van der Waals surface area contributed by atoms with Gasteiger partial charge in [0.15, 0.2) is 0 Å². The minimum atomic E-state index is -0.254. The van der Waals surface area contributed by atoms with Gasteiger partial charge < -0.3 is 9.64 Å². The van der Waals surface area contributed by atoms with Gasteiger partial charge in [-0.3, -0.25) is 14.5 Å². The van der Waals surface area contributed by atoms with Crippen LogP contribution in [0.15, 0.2) is 47.4 Å². The summed E-state index contributed by atoms with van der Waals surface area (Å²) in [6, 6.07) is 13.8. The number of rotatable bonds is 6. The predicted molar refractivity (Wildman–Crippen MR) is 136 cm³/mol. The molecule has 0 radical (unpaired) electrons. The second-order valence-corrected chi connectivity index (χ2v) is 10.5. The van der Waals surface area contributed by atoms with E-state index in [4.69, 9.17) is 4.74 Å². The third-order valence-corrected chi connectivity index (χ3v) is 7.44. The molecule has 1 saturated heterocycles. The molecule has 0 bridgehead atoms. The Morgan fingerprint density at radius 3 is 2.58 bits per heavy atom. The van der Waals surface area contributed by atoms with Gasteiger partial charge in [0, 0.05) is 29.4 Å². The number of hydrogen-bond acceptors (Lipinski definition) is 5. The summed E-state index contributed by atoms with van der Waals surface area (Å²) in [5, 5.41) is -0.240. The molecule has 33 heavy (non-hydrogen) atoms. The number of benzene rings is 2. The molecular formula is C27H32N2O3S. The highest BCUT2D eigenvalue weighted by atomic mass is 32.2. The Balaban J connectivity index is 1.69. The number of methoxy groups -OCH3 is 1. The number of hydrogen-bond donors (Lipinski definition) is 0. The molecule has 2 amide bonds. The SMILES string of the molecule is CCCN1c2cc(OC)c(/C=C3/SC(=O)N(Cc4ccccc4)C3=O)cc2C(C)CC1(C)C. The van der Waals surface area contributed by atoms with E-state index in [-0.39, 0.29) is 23.2 Å². The molecule has 1 atom stereocenters. The first-order valence-electron chi connectivity index (χ1n) is 11.5. The van der Waals surface area contributed by atoms with Crippen LogP contribution in [0.1, 0.15) is 63.1 Å². The normalized spacial score (nSPS) is 21.0. The van der Waals surface area contributed by atoms with Crippen LogP contribution in [0.3, 0.4) is 0 Å². The maximum atomic E-state index is 13.1. The lowest BCUT2D eigenvalue weighted by Crippen LogP contribution is -2.48. The maximum Gasteiger partial charge on any atom is 0.293 e. The first-order chi connectivity index (χ1) is 15.7. The van der Waals surface area contributed by atoms with Gasteiger partial charge in [-0.2, -0.15) is 0 Å². The highest BCUT2D eigenvalue weighted by molar-refractivity contribution is 8.18. The second kappa shape index (κ2) is 9.26. The van der Waals surface area contributed by atoms with Crippen LogP contribution in [0.4, 0.5) is 10.5 Å². The first kappa shape index (κ1) is 23.4. The number of nitrogens with zero attached hydrogens (tertiary/aromatic N) is 2. The molecule has 174 valence electrons. The molecule has 5 nitrogen and oxygen atoms in total. The van der Waals surface area contributed by atoms with E-state index in [9.17, 15) is 9.59 Å². The minimum Gasteiger partial charge on any atom is -0.496 e. The molecule has 1 fully saturated rings. The third-order valence-electron chi connectivity index (χ3n) is 6.53. The summed E-state index contributed by atoms with van der Waals surface area (Å²) in [6.07, 6.45) is 3.93. The predicted octanol–water partition coefficient (Wildman–Crippen LogP) is 6.43. The van der Waals surface area contributed by atoms with Crippen molar-refractivity contribution in [2.24, 2.45) is 0 Å². The van der Waals surface area contributed by atoms with Gasteiger partial charge in [-0.05, 0) is 67.6 Å². The van der Waals surface area contributed by atoms with Gasteiger partial charge in [0.1, 0.15) is 5.75 Å². The summed E-state index contributed by atoms with van der Waals surface area (Å²) >= 11 is 0.994. The summed E-state index contributed by atoms with van der Waals surface area (Å²) < 4.78 is 5.75. The van der Waals surface area contributed by atoms with Crippen LogP contribution in [0.25, 0.3) is 6.08 Å². The maximum absolute atomic E-state index is 13.1. The number of amides is 2. The van der Waals surface area contributed by atoms with Crippen molar-refractivity contribution in [3.05, 3.63) is 64.1 Å². The highest BCUT2D eigenvalue weighted by Gasteiger charge is 2.38. The summed E-state index contributed by atoms with van der Waals surface area (Å²) in [7, 11) is 1.65. The number of carbonyl (C=O) groups is 2. The molecule has 2 aliphatic rings. The zero-order chi connectivity index (χ0) is 23.8. The molecule has 2 aromatic rings. The third kappa shape index (κ3) is 4.54. The largest absolute Gasteiger partial charge is 0.496 e. The number of imide groups is 1. The summed E-state index contributed by atoms with van der Waals surface area (Å²) in [5.41, 5.74) is 4.30. The Morgan fingerprint density at radius 1 is 1.18 bits per heavy atom. The molecule has 0 spiro atoms. The lowest BCUT2D eigenvalue weighted by atomic mass is 9.79. The van der Waals surface area contributed by atoms with Crippen LogP contribution >= 0.6 is 11.8 Å². The lowest BCUT2D eigenvalue weighted by Gasteiger charge is -2.47. The molecule has 6 heteroatoms. The van der Waals surface area contributed by atoms with Crippen molar-refractivity contribution in [2.75, 3.05) is 18.6 Å². The lowest BCUT2D eigenvalue weighted by molar-refractivity contribution is -0.123. The fourth-order valence-corrected chi connectivity index (χ4v) is 5.84. The fourth-order valence-electron chi connectivity index (χ4n) is 5.01. The number of fused-ring (bicyclic) bond motifs is 1. The van der Waals surface area contributed by atoms with Crippen molar-refractivity contribution in [2.45, 2.75) is 58.5 Å². The molecule has 0 aliphatic carbocycles. The Morgan fingerprint density at radius 2 is 1.91 bits per heavy atom. The molecule has 0 saturated carbocycles. The van der Waals surface area contributed by atoms with Gasteiger partial charge in [-0.15, -0.1) is 0 Å². The molecule has 2 heterocycles. The molecule has 4 rings (SSSR count). The van der Waals surface area contributed by atoms with Gasteiger partial charge in [0.05, 0.1) is 18.6 Å². The first-order valence-corrected chi connectivity index (χ1v) is 12.4. The van der Waals surface area contributed by atoms with E-state index in [0.717, 1.165) is 48.0 Å². The Hall–Kier alpha value is -2.73. The van der Waals surface area contributed by atoms with Crippen molar-refractivity contribution < 1.29 is 14.3 Å². The average Bonchev–Trinajstić information content (AvgIpc) is 3.04. The van der Waals surface area contributed by atoms with Crippen LogP contribution in [-0.4, -0.2) is 35.2 Å². The minimum absolute atomic E-state index is 0.0645. The van der Waals surface area contributed by atoms with E-state index >= 15 is 0 Å². The van der Waals surface area contributed by atoms with Crippen molar-refractivity contribution in [3.8, 4) is 5.75 Å². The molecule has 1 unspecified atom stereocenters. The van der Waals surface area contributed by atoms with Crippen LogP contribution in [-0.2, 0) is 11.3 Å². The van der Waals surface area contributed by atoms with Gasteiger partial charge in [0.25, 0.3) is 11.1 Å². The summed E-state index contributed by atoms with van der Waals surface area (Å²) in [6.45, 7) is 10.3. The van der Waals surface area contributed by atoms with Crippen molar-refractivity contribution in [1.29, 1.82) is 0 Å². The van der Waals surface area contributed by atoms with E-state index in [1.807, 2.05) is 36.4 Å².